The molecule has 0 aliphatic carbocycles. The molecule has 0 bridgehead atoms. The van der Waals surface area contributed by atoms with Crippen LogP contribution in [0.5, 0.6) is 0 Å². The first kappa shape index (κ1) is 16.3. The van der Waals surface area contributed by atoms with Crippen LogP contribution in [0.15, 0.2) is 24.5 Å². The van der Waals surface area contributed by atoms with Crippen LogP contribution in [0.1, 0.15) is 37.4 Å². The maximum absolute atomic E-state index is 6.24. The summed E-state index contributed by atoms with van der Waals surface area (Å²) < 4.78 is 0. The number of halogens is 3. The van der Waals surface area contributed by atoms with E-state index in [0.29, 0.717) is 15.2 Å². The molecule has 0 aliphatic heterocycles. The van der Waals surface area contributed by atoms with E-state index in [0.717, 1.165) is 29.8 Å². The number of hydrogen-bond acceptors (Lipinski definition) is 3. The molecule has 6 heteroatoms. The Balaban J connectivity index is 2.27. The molecule has 2 aromatic rings. The fourth-order valence-corrected chi connectivity index (χ4v) is 2.92. The van der Waals surface area contributed by atoms with Crippen molar-refractivity contribution in [1.29, 1.82) is 0 Å². The van der Waals surface area contributed by atoms with Crippen LogP contribution in [0, 0.1) is 0 Å². The van der Waals surface area contributed by atoms with Crippen LogP contribution >= 0.6 is 34.8 Å². The van der Waals surface area contributed by atoms with Gasteiger partial charge in [-0.05, 0) is 31.0 Å². The highest BCUT2D eigenvalue weighted by molar-refractivity contribution is 6.35. The van der Waals surface area contributed by atoms with Crippen molar-refractivity contribution < 1.29 is 0 Å². The molecule has 0 aliphatic rings. The number of aromatic nitrogens is 2. The SMILES string of the molecule is CCCc1c(Cl)ncnc1NC(C)c1ccc(Cl)cc1Cl. The average Bonchev–Trinajstić information content (AvgIpc) is 2.42. The molecule has 3 nitrogen and oxygen atoms in total. The number of nitrogens with one attached hydrogen (secondary N) is 1. The van der Waals surface area contributed by atoms with Gasteiger partial charge in [0.2, 0.25) is 0 Å². The van der Waals surface area contributed by atoms with Crippen molar-refractivity contribution in [3.8, 4) is 0 Å². The minimum Gasteiger partial charge on any atom is -0.363 e. The predicted molar refractivity (Wildman–Crippen MR) is 89.5 cm³/mol. The van der Waals surface area contributed by atoms with Gasteiger partial charge in [-0.3, -0.25) is 0 Å². The van der Waals surface area contributed by atoms with Crippen molar-refractivity contribution in [3.05, 3.63) is 50.9 Å². The van der Waals surface area contributed by atoms with Crippen LogP contribution in [0.2, 0.25) is 15.2 Å². The summed E-state index contributed by atoms with van der Waals surface area (Å²) in [7, 11) is 0. The van der Waals surface area contributed by atoms with Crippen LogP contribution in [-0.2, 0) is 6.42 Å². The summed E-state index contributed by atoms with van der Waals surface area (Å²) in [6.45, 7) is 4.10. The summed E-state index contributed by atoms with van der Waals surface area (Å²) in [5.74, 6) is 0.746. The Morgan fingerprint density at radius 2 is 1.95 bits per heavy atom. The van der Waals surface area contributed by atoms with Crippen LogP contribution in [0.4, 0.5) is 5.82 Å². The number of benzene rings is 1. The van der Waals surface area contributed by atoms with Crippen LogP contribution in [0.25, 0.3) is 0 Å². The van der Waals surface area contributed by atoms with Gasteiger partial charge in [0.15, 0.2) is 0 Å². The molecule has 112 valence electrons. The first-order chi connectivity index (χ1) is 10.0. The Bertz CT molecular complexity index is 632. The molecule has 0 amide bonds. The highest BCUT2D eigenvalue weighted by atomic mass is 35.5. The molecule has 0 saturated carbocycles. The van der Waals surface area contributed by atoms with Gasteiger partial charge in [0.05, 0.1) is 6.04 Å². The maximum atomic E-state index is 6.24. The van der Waals surface area contributed by atoms with Gasteiger partial charge in [-0.1, -0.05) is 54.2 Å². The summed E-state index contributed by atoms with van der Waals surface area (Å²) in [4.78, 5) is 8.33. The normalized spacial score (nSPS) is 12.2. The summed E-state index contributed by atoms with van der Waals surface area (Å²) >= 11 is 18.3. The highest BCUT2D eigenvalue weighted by Crippen LogP contribution is 2.30. The van der Waals surface area contributed by atoms with Gasteiger partial charge in [0, 0.05) is 15.6 Å². The van der Waals surface area contributed by atoms with E-state index < -0.39 is 0 Å². The maximum Gasteiger partial charge on any atom is 0.137 e. The Kier molecular flexibility index (Phi) is 5.68. The molecule has 1 heterocycles. The van der Waals surface area contributed by atoms with E-state index in [1.165, 1.54) is 6.33 Å². The lowest BCUT2D eigenvalue weighted by Crippen LogP contribution is -2.11. The molecular formula is C15H16Cl3N3. The summed E-state index contributed by atoms with van der Waals surface area (Å²) in [5, 5.41) is 5.08. The monoisotopic (exact) mass is 343 g/mol. The van der Waals surface area contributed by atoms with Crippen molar-refractivity contribution >= 4 is 40.6 Å². The molecule has 2 rings (SSSR count). The molecule has 1 aromatic heterocycles. The van der Waals surface area contributed by atoms with Crippen LogP contribution < -0.4 is 5.32 Å². The third-order valence-electron chi connectivity index (χ3n) is 3.18. The molecule has 21 heavy (non-hydrogen) atoms. The summed E-state index contributed by atoms with van der Waals surface area (Å²) in [5.41, 5.74) is 1.89. The van der Waals surface area contributed by atoms with Gasteiger partial charge >= 0.3 is 0 Å². The Labute approximate surface area is 139 Å². The molecule has 0 saturated heterocycles. The topological polar surface area (TPSA) is 37.8 Å². The van der Waals surface area contributed by atoms with Crippen molar-refractivity contribution in [2.24, 2.45) is 0 Å². The summed E-state index contributed by atoms with van der Waals surface area (Å²) in [6, 6.07) is 5.44. The molecule has 0 radical (unpaired) electrons. The van der Waals surface area contributed by atoms with Gasteiger partial charge in [-0.25, -0.2) is 9.97 Å². The average molecular weight is 345 g/mol. The quantitative estimate of drug-likeness (QED) is 0.721. The molecule has 0 fully saturated rings. The Morgan fingerprint density at radius 1 is 1.19 bits per heavy atom. The molecule has 1 atom stereocenters. The van der Waals surface area contributed by atoms with Crippen molar-refractivity contribution in [2.75, 3.05) is 5.32 Å². The molecule has 1 N–H and O–H groups in total. The van der Waals surface area contributed by atoms with E-state index in [-0.39, 0.29) is 6.04 Å². The minimum absolute atomic E-state index is 0.0173. The van der Waals surface area contributed by atoms with Crippen molar-refractivity contribution in [3.63, 3.8) is 0 Å². The zero-order chi connectivity index (χ0) is 15.4. The first-order valence-electron chi connectivity index (χ1n) is 6.73. The van der Waals surface area contributed by atoms with Gasteiger partial charge in [0.25, 0.3) is 0 Å². The summed E-state index contributed by atoms with van der Waals surface area (Å²) in [6.07, 6.45) is 3.25. The van der Waals surface area contributed by atoms with Crippen LogP contribution in [-0.4, -0.2) is 9.97 Å². The lowest BCUT2D eigenvalue weighted by Gasteiger charge is -2.19. The fourth-order valence-electron chi connectivity index (χ4n) is 2.12. The lowest BCUT2D eigenvalue weighted by molar-refractivity contribution is 0.847. The second-order valence-electron chi connectivity index (χ2n) is 4.77. The Morgan fingerprint density at radius 3 is 2.62 bits per heavy atom. The zero-order valence-electron chi connectivity index (χ0n) is 11.8. The third kappa shape index (κ3) is 4.00. The lowest BCUT2D eigenvalue weighted by atomic mass is 10.1. The van der Waals surface area contributed by atoms with E-state index in [1.54, 1.807) is 6.07 Å². The second kappa shape index (κ2) is 7.30. The van der Waals surface area contributed by atoms with Gasteiger partial charge in [-0.2, -0.15) is 0 Å². The first-order valence-corrected chi connectivity index (χ1v) is 7.87. The van der Waals surface area contributed by atoms with E-state index >= 15 is 0 Å². The largest absolute Gasteiger partial charge is 0.363 e. The minimum atomic E-state index is -0.0173. The standard InChI is InChI=1S/C15H16Cl3N3/c1-3-4-12-14(18)19-8-20-15(12)21-9(2)11-6-5-10(16)7-13(11)17/h5-9H,3-4H2,1-2H3,(H,19,20,21). The van der Waals surface area contributed by atoms with Crippen LogP contribution in [0.3, 0.4) is 0 Å². The fraction of sp³-hybridized carbons (Fsp3) is 0.333. The Hall–Kier alpha value is -1.03. The van der Waals surface area contributed by atoms with Gasteiger partial charge < -0.3 is 5.32 Å². The molecule has 1 aromatic carbocycles. The molecular weight excluding hydrogens is 329 g/mol. The van der Waals surface area contributed by atoms with E-state index in [9.17, 15) is 0 Å². The molecule has 1 unspecified atom stereocenters. The second-order valence-corrected chi connectivity index (χ2v) is 5.98. The molecule has 0 spiro atoms. The van der Waals surface area contributed by atoms with Crippen molar-refractivity contribution in [2.45, 2.75) is 32.7 Å². The zero-order valence-corrected chi connectivity index (χ0v) is 14.1. The number of anilines is 1. The third-order valence-corrected chi connectivity index (χ3v) is 4.06. The van der Waals surface area contributed by atoms with E-state index in [4.69, 9.17) is 34.8 Å². The van der Waals surface area contributed by atoms with E-state index in [1.807, 2.05) is 19.1 Å². The smallest absolute Gasteiger partial charge is 0.137 e. The van der Waals surface area contributed by atoms with Gasteiger partial charge in [0.1, 0.15) is 17.3 Å². The highest BCUT2D eigenvalue weighted by Gasteiger charge is 2.14. The number of hydrogen-bond donors (Lipinski definition) is 1. The van der Waals surface area contributed by atoms with E-state index in [2.05, 4.69) is 22.2 Å². The van der Waals surface area contributed by atoms with Crippen molar-refractivity contribution in [1.82, 2.24) is 9.97 Å². The predicted octanol–water partition coefficient (Wildman–Crippen LogP) is 5.56. The van der Waals surface area contributed by atoms with Gasteiger partial charge in [-0.15, -0.1) is 0 Å². The number of nitrogens with zero attached hydrogens (tertiary/aromatic N) is 2. The number of rotatable bonds is 5.